The molecule has 25 heavy (non-hydrogen) atoms. The fourth-order valence-electron chi connectivity index (χ4n) is 2.35. The van der Waals surface area contributed by atoms with E-state index in [1.807, 2.05) is 39.0 Å². The van der Waals surface area contributed by atoms with Gasteiger partial charge in [0.15, 0.2) is 6.61 Å². The van der Waals surface area contributed by atoms with Gasteiger partial charge in [-0.1, -0.05) is 12.1 Å². The average molecular weight is 344 g/mol. The summed E-state index contributed by atoms with van der Waals surface area (Å²) in [6, 6.07) is 7.13. The molecule has 1 aromatic carbocycles. The molecule has 0 fully saturated rings. The van der Waals surface area contributed by atoms with Crippen molar-refractivity contribution in [3.63, 3.8) is 0 Å². The minimum Gasteiger partial charge on any atom is -0.484 e. The number of nitrogens with zero attached hydrogens (tertiary/aromatic N) is 2. The number of aryl methyl sites for hydroxylation is 1. The van der Waals surface area contributed by atoms with Gasteiger partial charge in [0, 0.05) is 19.3 Å². The number of hydrogen-bond donors (Lipinski definition) is 2. The molecular formula is C18H24N4O3. The standard InChI is InChI=1S/C18H24N4O3/c1-5-19-17(23)11-25-15-8-6-7-14(9-15)12(2)21-18(24)16-10-20-22(4)13(16)3/h6-10,12H,5,11H2,1-4H3,(H,19,23)(H,21,24)/t12-/m0/s1. The SMILES string of the molecule is CCNC(=O)COc1cccc([C@H](C)NC(=O)c2cnn(C)c2C)c1. The molecule has 0 unspecified atom stereocenters. The highest BCUT2D eigenvalue weighted by atomic mass is 16.5. The Morgan fingerprint density at radius 1 is 1.36 bits per heavy atom. The van der Waals surface area contributed by atoms with Gasteiger partial charge in [-0.05, 0) is 38.5 Å². The lowest BCUT2D eigenvalue weighted by molar-refractivity contribution is -0.122. The van der Waals surface area contributed by atoms with E-state index in [9.17, 15) is 9.59 Å². The van der Waals surface area contributed by atoms with Gasteiger partial charge < -0.3 is 15.4 Å². The topological polar surface area (TPSA) is 85.2 Å². The smallest absolute Gasteiger partial charge is 0.257 e. The molecule has 0 bridgehead atoms. The molecule has 7 nitrogen and oxygen atoms in total. The summed E-state index contributed by atoms with van der Waals surface area (Å²) in [6.45, 7) is 6.13. The van der Waals surface area contributed by atoms with Gasteiger partial charge in [-0.25, -0.2) is 0 Å². The van der Waals surface area contributed by atoms with E-state index >= 15 is 0 Å². The van der Waals surface area contributed by atoms with E-state index in [4.69, 9.17) is 4.74 Å². The Morgan fingerprint density at radius 3 is 2.76 bits per heavy atom. The predicted molar refractivity (Wildman–Crippen MR) is 94.4 cm³/mol. The maximum absolute atomic E-state index is 12.4. The van der Waals surface area contributed by atoms with Crippen LogP contribution < -0.4 is 15.4 Å². The second-order valence-corrected chi connectivity index (χ2v) is 5.78. The van der Waals surface area contributed by atoms with Crippen LogP contribution in [0.5, 0.6) is 5.75 Å². The van der Waals surface area contributed by atoms with E-state index in [0.29, 0.717) is 17.9 Å². The Balaban J connectivity index is 2.00. The van der Waals surface area contributed by atoms with Crippen molar-refractivity contribution in [1.82, 2.24) is 20.4 Å². The summed E-state index contributed by atoms with van der Waals surface area (Å²) in [7, 11) is 1.80. The quantitative estimate of drug-likeness (QED) is 0.801. The third-order valence-corrected chi connectivity index (χ3v) is 3.93. The van der Waals surface area contributed by atoms with Gasteiger partial charge in [-0.2, -0.15) is 5.10 Å². The number of carbonyl (C=O) groups excluding carboxylic acids is 2. The first kappa shape index (κ1) is 18.5. The molecule has 0 radical (unpaired) electrons. The van der Waals surface area contributed by atoms with Crippen LogP contribution in [-0.4, -0.2) is 34.7 Å². The highest BCUT2D eigenvalue weighted by Gasteiger charge is 2.16. The largest absolute Gasteiger partial charge is 0.484 e. The fraction of sp³-hybridized carbons (Fsp3) is 0.389. The molecule has 2 aromatic rings. The summed E-state index contributed by atoms with van der Waals surface area (Å²) in [4.78, 5) is 23.9. The number of rotatable bonds is 7. The predicted octanol–water partition coefficient (Wildman–Crippen LogP) is 1.73. The molecule has 0 aliphatic heterocycles. The van der Waals surface area contributed by atoms with Crippen molar-refractivity contribution in [2.45, 2.75) is 26.8 Å². The third kappa shape index (κ3) is 4.82. The monoisotopic (exact) mass is 344 g/mol. The minimum absolute atomic E-state index is 0.0348. The molecule has 0 saturated heterocycles. The number of carbonyl (C=O) groups is 2. The molecule has 1 aromatic heterocycles. The van der Waals surface area contributed by atoms with Gasteiger partial charge in [0.2, 0.25) is 0 Å². The Hall–Kier alpha value is -2.83. The van der Waals surface area contributed by atoms with Gasteiger partial charge in [0.05, 0.1) is 17.8 Å². The van der Waals surface area contributed by atoms with Crippen molar-refractivity contribution >= 4 is 11.8 Å². The van der Waals surface area contributed by atoms with Gasteiger partial charge in [0.1, 0.15) is 5.75 Å². The number of ether oxygens (including phenoxy) is 1. The van der Waals surface area contributed by atoms with Crippen LogP contribution in [0.15, 0.2) is 30.5 Å². The molecule has 7 heteroatoms. The molecule has 1 atom stereocenters. The summed E-state index contributed by atoms with van der Waals surface area (Å²) < 4.78 is 7.15. The molecule has 0 aliphatic carbocycles. The van der Waals surface area contributed by atoms with Crippen molar-refractivity contribution in [2.24, 2.45) is 7.05 Å². The zero-order valence-corrected chi connectivity index (χ0v) is 15.0. The Bertz CT molecular complexity index is 755. The van der Waals surface area contributed by atoms with Crippen LogP contribution in [0.2, 0.25) is 0 Å². The summed E-state index contributed by atoms with van der Waals surface area (Å²) in [5.41, 5.74) is 2.25. The molecular weight excluding hydrogens is 320 g/mol. The maximum atomic E-state index is 12.4. The fourth-order valence-corrected chi connectivity index (χ4v) is 2.35. The van der Waals surface area contributed by atoms with Crippen LogP contribution >= 0.6 is 0 Å². The lowest BCUT2D eigenvalue weighted by Gasteiger charge is -2.15. The third-order valence-electron chi connectivity index (χ3n) is 3.93. The second kappa shape index (κ2) is 8.32. The molecule has 1 heterocycles. The lowest BCUT2D eigenvalue weighted by Crippen LogP contribution is -2.28. The molecule has 2 amide bonds. The van der Waals surface area contributed by atoms with E-state index in [1.165, 1.54) is 0 Å². The van der Waals surface area contributed by atoms with Crippen LogP contribution in [0.1, 0.15) is 41.5 Å². The van der Waals surface area contributed by atoms with Crippen molar-refractivity contribution < 1.29 is 14.3 Å². The highest BCUT2D eigenvalue weighted by molar-refractivity contribution is 5.95. The van der Waals surface area contributed by atoms with Crippen LogP contribution in [0, 0.1) is 6.92 Å². The van der Waals surface area contributed by atoms with Crippen molar-refractivity contribution in [3.8, 4) is 5.75 Å². The number of amides is 2. The van der Waals surface area contributed by atoms with E-state index in [2.05, 4.69) is 15.7 Å². The lowest BCUT2D eigenvalue weighted by atomic mass is 10.1. The molecule has 0 spiro atoms. The van der Waals surface area contributed by atoms with Crippen LogP contribution in [-0.2, 0) is 11.8 Å². The summed E-state index contributed by atoms with van der Waals surface area (Å²) >= 11 is 0. The van der Waals surface area contributed by atoms with Crippen molar-refractivity contribution in [1.29, 1.82) is 0 Å². The molecule has 0 aliphatic rings. The van der Waals surface area contributed by atoms with Crippen molar-refractivity contribution in [3.05, 3.63) is 47.3 Å². The number of likely N-dealkylation sites (N-methyl/N-ethyl adjacent to an activating group) is 1. The summed E-state index contributed by atoms with van der Waals surface area (Å²) in [5.74, 6) is 0.246. The first-order chi connectivity index (χ1) is 11.9. The van der Waals surface area contributed by atoms with Gasteiger partial charge in [-0.3, -0.25) is 14.3 Å². The second-order valence-electron chi connectivity index (χ2n) is 5.78. The van der Waals surface area contributed by atoms with Crippen LogP contribution in [0.25, 0.3) is 0 Å². The Morgan fingerprint density at radius 2 is 2.12 bits per heavy atom. The number of benzene rings is 1. The highest BCUT2D eigenvalue weighted by Crippen LogP contribution is 2.20. The van der Waals surface area contributed by atoms with Crippen molar-refractivity contribution in [2.75, 3.05) is 13.2 Å². The normalized spacial score (nSPS) is 11.7. The van der Waals surface area contributed by atoms with E-state index in [1.54, 1.807) is 24.0 Å². The minimum atomic E-state index is -0.208. The Kier molecular flexibility index (Phi) is 6.16. The molecule has 0 saturated carbocycles. The summed E-state index contributed by atoms with van der Waals surface area (Å²) in [5, 5.41) is 9.71. The zero-order chi connectivity index (χ0) is 18.4. The zero-order valence-electron chi connectivity index (χ0n) is 15.0. The number of nitrogens with one attached hydrogen (secondary N) is 2. The maximum Gasteiger partial charge on any atom is 0.257 e. The Labute approximate surface area is 147 Å². The molecule has 134 valence electrons. The van der Waals surface area contributed by atoms with E-state index in [-0.39, 0.29) is 24.5 Å². The van der Waals surface area contributed by atoms with Crippen LogP contribution in [0.4, 0.5) is 0 Å². The molecule has 2 rings (SSSR count). The van der Waals surface area contributed by atoms with Crippen LogP contribution in [0.3, 0.4) is 0 Å². The van der Waals surface area contributed by atoms with Gasteiger partial charge in [0.25, 0.3) is 11.8 Å². The van der Waals surface area contributed by atoms with E-state index in [0.717, 1.165) is 11.3 Å². The first-order valence-electron chi connectivity index (χ1n) is 8.21. The molecule has 2 N–H and O–H groups in total. The van der Waals surface area contributed by atoms with Gasteiger partial charge in [-0.15, -0.1) is 0 Å². The number of hydrogen-bond acceptors (Lipinski definition) is 4. The van der Waals surface area contributed by atoms with Gasteiger partial charge >= 0.3 is 0 Å². The average Bonchev–Trinajstić information content (AvgIpc) is 2.93. The number of aromatic nitrogens is 2. The first-order valence-corrected chi connectivity index (χ1v) is 8.21. The van der Waals surface area contributed by atoms with E-state index < -0.39 is 0 Å². The summed E-state index contributed by atoms with van der Waals surface area (Å²) in [6.07, 6.45) is 1.56.